The molecule has 1 heterocycles. The number of carbonyl (C=O) groups is 1. The second kappa shape index (κ2) is 5.85. The molecule has 0 radical (unpaired) electrons. The van der Waals surface area contributed by atoms with Gasteiger partial charge in [0.2, 0.25) is 5.91 Å². The van der Waals surface area contributed by atoms with Crippen molar-refractivity contribution < 1.29 is 4.79 Å². The number of aromatic nitrogens is 2. The van der Waals surface area contributed by atoms with Crippen LogP contribution < -0.4 is 10.6 Å². The van der Waals surface area contributed by atoms with Gasteiger partial charge >= 0.3 is 0 Å². The molecule has 5 nitrogen and oxygen atoms in total. The molecular formula is C15H24N4O. The highest BCUT2D eigenvalue weighted by atomic mass is 16.2. The molecule has 0 spiro atoms. The lowest BCUT2D eigenvalue weighted by atomic mass is 9.81. The fourth-order valence-electron chi connectivity index (χ4n) is 2.74. The minimum absolute atomic E-state index is 0.0599. The van der Waals surface area contributed by atoms with Crippen LogP contribution in [-0.2, 0) is 11.3 Å². The average molecular weight is 276 g/mol. The summed E-state index contributed by atoms with van der Waals surface area (Å²) in [6, 6.07) is 0.886. The van der Waals surface area contributed by atoms with Gasteiger partial charge in [-0.05, 0) is 32.1 Å². The van der Waals surface area contributed by atoms with Crippen LogP contribution >= 0.6 is 0 Å². The molecule has 2 N–H and O–H groups in total. The topological polar surface area (TPSA) is 59.0 Å². The Morgan fingerprint density at radius 1 is 1.45 bits per heavy atom. The van der Waals surface area contributed by atoms with Gasteiger partial charge in [-0.15, -0.1) is 0 Å². The summed E-state index contributed by atoms with van der Waals surface area (Å²) in [7, 11) is 0. The standard InChI is InChI=1S/C15H24N4O/c1-11(7-12-3-2-4-12)17-14-8-16-19(9-14)10-15(20)18-13-5-6-13/h8-9,11-13,17H,2-7,10H2,1H3,(H,18,20). The van der Waals surface area contributed by atoms with Crippen LogP contribution in [0.3, 0.4) is 0 Å². The van der Waals surface area contributed by atoms with E-state index in [1.165, 1.54) is 25.7 Å². The number of rotatable bonds is 7. The Morgan fingerprint density at radius 3 is 2.90 bits per heavy atom. The highest BCUT2D eigenvalue weighted by Gasteiger charge is 2.23. The first-order valence-electron chi connectivity index (χ1n) is 7.77. The van der Waals surface area contributed by atoms with Crippen LogP contribution in [0.15, 0.2) is 12.4 Å². The van der Waals surface area contributed by atoms with Gasteiger partial charge in [-0.2, -0.15) is 5.10 Å². The van der Waals surface area contributed by atoms with E-state index < -0.39 is 0 Å². The second-order valence-electron chi connectivity index (χ2n) is 6.35. The van der Waals surface area contributed by atoms with Crippen molar-refractivity contribution in [2.45, 2.75) is 64.1 Å². The molecule has 1 amide bonds. The van der Waals surface area contributed by atoms with Gasteiger partial charge < -0.3 is 10.6 Å². The minimum Gasteiger partial charge on any atom is -0.380 e. The van der Waals surface area contributed by atoms with Crippen LogP contribution in [0.5, 0.6) is 0 Å². The summed E-state index contributed by atoms with van der Waals surface area (Å²) in [4.78, 5) is 11.7. The lowest BCUT2D eigenvalue weighted by molar-refractivity contribution is -0.122. The van der Waals surface area contributed by atoms with Crippen LogP contribution in [0.25, 0.3) is 0 Å². The van der Waals surface area contributed by atoms with E-state index in [1.807, 2.05) is 12.4 Å². The molecule has 0 saturated heterocycles. The molecule has 1 unspecified atom stereocenters. The largest absolute Gasteiger partial charge is 0.380 e. The van der Waals surface area contributed by atoms with Crippen LogP contribution in [0.1, 0.15) is 45.4 Å². The van der Waals surface area contributed by atoms with Crippen LogP contribution in [0, 0.1) is 5.92 Å². The molecule has 2 aliphatic rings. The normalized spacial score (nSPS) is 20.2. The summed E-state index contributed by atoms with van der Waals surface area (Å²) < 4.78 is 1.70. The number of amides is 1. The van der Waals surface area contributed by atoms with Crippen molar-refractivity contribution in [2.24, 2.45) is 5.92 Å². The predicted octanol–water partition coefficient (Wildman–Crippen LogP) is 2.15. The molecule has 0 aromatic carbocycles. The van der Waals surface area contributed by atoms with Crippen LogP contribution in [-0.4, -0.2) is 27.8 Å². The van der Waals surface area contributed by atoms with Crippen molar-refractivity contribution in [2.75, 3.05) is 5.32 Å². The summed E-state index contributed by atoms with van der Waals surface area (Å²) in [5.74, 6) is 0.960. The van der Waals surface area contributed by atoms with E-state index in [9.17, 15) is 4.79 Å². The minimum atomic E-state index is 0.0599. The van der Waals surface area contributed by atoms with Gasteiger partial charge in [0.15, 0.2) is 0 Å². The van der Waals surface area contributed by atoms with Crippen molar-refractivity contribution in [3.63, 3.8) is 0 Å². The lowest BCUT2D eigenvalue weighted by Crippen LogP contribution is -2.29. The number of nitrogens with zero attached hydrogens (tertiary/aromatic N) is 2. The van der Waals surface area contributed by atoms with Crippen molar-refractivity contribution in [1.29, 1.82) is 0 Å². The fourth-order valence-corrected chi connectivity index (χ4v) is 2.74. The first-order valence-corrected chi connectivity index (χ1v) is 7.77. The smallest absolute Gasteiger partial charge is 0.241 e. The molecule has 3 rings (SSSR count). The molecule has 2 fully saturated rings. The molecule has 5 heteroatoms. The summed E-state index contributed by atoms with van der Waals surface area (Å²) in [5.41, 5.74) is 1.01. The Bertz CT molecular complexity index is 462. The van der Waals surface area contributed by atoms with Crippen molar-refractivity contribution in [3.05, 3.63) is 12.4 Å². The zero-order valence-corrected chi connectivity index (χ0v) is 12.1. The first kappa shape index (κ1) is 13.5. The SMILES string of the molecule is CC(CC1CCC1)Nc1cnn(CC(=O)NC2CC2)c1. The van der Waals surface area contributed by atoms with Crippen molar-refractivity contribution in [1.82, 2.24) is 15.1 Å². The van der Waals surface area contributed by atoms with Gasteiger partial charge in [0.1, 0.15) is 6.54 Å². The first-order chi connectivity index (χ1) is 9.69. The van der Waals surface area contributed by atoms with E-state index in [-0.39, 0.29) is 5.91 Å². The third kappa shape index (κ3) is 3.74. The van der Waals surface area contributed by atoms with Crippen molar-refractivity contribution >= 4 is 11.6 Å². The summed E-state index contributed by atoms with van der Waals surface area (Å²) in [5, 5.41) is 10.7. The molecule has 0 bridgehead atoms. The van der Waals surface area contributed by atoms with Gasteiger partial charge in [-0.3, -0.25) is 9.48 Å². The molecule has 0 aliphatic heterocycles. The number of hydrogen-bond donors (Lipinski definition) is 2. The van der Waals surface area contributed by atoms with Gasteiger partial charge in [-0.1, -0.05) is 19.3 Å². The quantitative estimate of drug-likeness (QED) is 0.802. The molecular weight excluding hydrogens is 252 g/mol. The lowest BCUT2D eigenvalue weighted by Gasteiger charge is -2.28. The average Bonchev–Trinajstić information content (AvgIpc) is 3.04. The van der Waals surface area contributed by atoms with Gasteiger partial charge in [0, 0.05) is 18.3 Å². The Kier molecular flexibility index (Phi) is 3.94. The predicted molar refractivity (Wildman–Crippen MR) is 78.4 cm³/mol. The van der Waals surface area contributed by atoms with E-state index in [4.69, 9.17) is 0 Å². The maximum atomic E-state index is 11.7. The Labute approximate surface area is 120 Å². The van der Waals surface area contributed by atoms with Crippen LogP contribution in [0.2, 0.25) is 0 Å². The molecule has 1 atom stereocenters. The Hall–Kier alpha value is -1.52. The number of hydrogen-bond acceptors (Lipinski definition) is 3. The fraction of sp³-hybridized carbons (Fsp3) is 0.733. The molecule has 1 aromatic rings. The zero-order chi connectivity index (χ0) is 13.9. The van der Waals surface area contributed by atoms with E-state index >= 15 is 0 Å². The van der Waals surface area contributed by atoms with E-state index in [0.29, 0.717) is 18.6 Å². The summed E-state index contributed by atoms with van der Waals surface area (Å²) in [6.45, 7) is 2.53. The van der Waals surface area contributed by atoms with Gasteiger partial charge in [-0.25, -0.2) is 0 Å². The molecule has 20 heavy (non-hydrogen) atoms. The van der Waals surface area contributed by atoms with E-state index in [0.717, 1.165) is 24.4 Å². The Balaban J connectivity index is 1.44. The van der Waals surface area contributed by atoms with Gasteiger partial charge in [0.25, 0.3) is 0 Å². The van der Waals surface area contributed by atoms with Crippen LogP contribution in [0.4, 0.5) is 5.69 Å². The van der Waals surface area contributed by atoms with E-state index in [1.54, 1.807) is 4.68 Å². The monoisotopic (exact) mass is 276 g/mol. The van der Waals surface area contributed by atoms with Gasteiger partial charge in [0.05, 0.1) is 11.9 Å². The second-order valence-corrected chi connectivity index (χ2v) is 6.35. The zero-order valence-electron chi connectivity index (χ0n) is 12.1. The number of anilines is 1. The van der Waals surface area contributed by atoms with Crippen molar-refractivity contribution in [3.8, 4) is 0 Å². The highest BCUT2D eigenvalue weighted by Crippen LogP contribution is 2.31. The molecule has 2 aliphatic carbocycles. The third-order valence-corrected chi connectivity index (χ3v) is 4.21. The number of nitrogens with one attached hydrogen (secondary N) is 2. The van der Waals surface area contributed by atoms with E-state index in [2.05, 4.69) is 22.7 Å². The maximum absolute atomic E-state index is 11.7. The maximum Gasteiger partial charge on any atom is 0.241 e. The number of carbonyl (C=O) groups excluding carboxylic acids is 1. The molecule has 2 saturated carbocycles. The molecule has 1 aromatic heterocycles. The third-order valence-electron chi connectivity index (χ3n) is 4.21. The summed E-state index contributed by atoms with van der Waals surface area (Å²) >= 11 is 0. The highest BCUT2D eigenvalue weighted by molar-refractivity contribution is 5.76. The molecule has 110 valence electrons. The summed E-state index contributed by atoms with van der Waals surface area (Å²) in [6.07, 6.45) is 11.4. The Morgan fingerprint density at radius 2 is 2.25 bits per heavy atom.